The van der Waals surface area contributed by atoms with E-state index >= 15 is 0 Å². The predicted molar refractivity (Wildman–Crippen MR) is 57.3 cm³/mol. The minimum Gasteiger partial charge on any atom is -0.481 e. The van der Waals surface area contributed by atoms with Gasteiger partial charge in [0.15, 0.2) is 0 Å². The molecule has 2 atom stereocenters. The summed E-state index contributed by atoms with van der Waals surface area (Å²) in [5, 5.41) is 10.9. The minimum absolute atomic E-state index is 0.00146. The maximum atomic E-state index is 11.4. The smallest absolute Gasteiger partial charge is 0.413 e. The summed E-state index contributed by atoms with van der Waals surface area (Å²) in [6, 6.07) is 0. The van der Waals surface area contributed by atoms with Gasteiger partial charge in [0.05, 0.1) is 19.6 Å². The molecule has 1 rings (SSSR count). The normalized spacial score (nSPS) is 24.4. The summed E-state index contributed by atoms with van der Waals surface area (Å²) < 4.78 is 4.28. The molecule has 0 aromatic heterocycles. The van der Waals surface area contributed by atoms with E-state index in [-0.39, 0.29) is 12.5 Å². The molecule has 1 fully saturated rings. The van der Waals surface area contributed by atoms with Crippen LogP contribution in [0, 0.1) is 11.8 Å². The lowest BCUT2D eigenvalue weighted by molar-refractivity contribution is -0.142. The third-order valence-electron chi connectivity index (χ3n) is 2.80. The van der Waals surface area contributed by atoms with Crippen molar-refractivity contribution in [3.8, 4) is 0 Å². The van der Waals surface area contributed by atoms with Crippen molar-refractivity contribution in [2.24, 2.45) is 11.8 Å². The van der Waals surface area contributed by atoms with Crippen LogP contribution in [-0.4, -0.2) is 54.7 Å². The number of carboxylic acid groups (broad SMARTS) is 1. The second-order valence-electron chi connectivity index (χ2n) is 4.16. The van der Waals surface area contributed by atoms with Crippen LogP contribution < -0.4 is 5.32 Å². The van der Waals surface area contributed by atoms with Crippen LogP contribution in [0.3, 0.4) is 0 Å². The zero-order chi connectivity index (χ0) is 13.0. The molecule has 2 amide bonds. The number of imide groups is 1. The summed E-state index contributed by atoms with van der Waals surface area (Å²) in [5.74, 6) is -1.80. The molecule has 0 aliphatic carbocycles. The first-order valence-corrected chi connectivity index (χ1v) is 5.27. The standard InChI is InChI=1S/C10H16N2O5/c1-6-3-12(4-7(6)9(14)15)5-8(13)11-10(16)17-2/h6-7H,3-5H2,1-2H3,(H,14,15)(H,11,13,16)/t6-,7-/m1/s1. The molecule has 0 aromatic carbocycles. The van der Waals surface area contributed by atoms with Gasteiger partial charge in [-0.3, -0.25) is 19.8 Å². The maximum Gasteiger partial charge on any atom is 0.413 e. The van der Waals surface area contributed by atoms with Gasteiger partial charge >= 0.3 is 12.1 Å². The van der Waals surface area contributed by atoms with Crippen molar-refractivity contribution < 1.29 is 24.2 Å². The Kier molecular flexibility index (Phi) is 4.45. The van der Waals surface area contributed by atoms with Crippen molar-refractivity contribution in [2.45, 2.75) is 6.92 Å². The predicted octanol–water partition coefficient (Wildman–Crippen LogP) is -0.478. The van der Waals surface area contributed by atoms with Crippen molar-refractivity contribution in [1.29, 1.82) is 0 Å². The molecule has 0 unspecified atom stereocenters. The Morgan fingerprint density at radius 1 is 1.41 bits per heavy atom. The molecule has 2 N–H and O–H groups in total. The Labute approximate surface area is 98.7 Å². The average Bonchev–Trinajstić information content (AvgIpc) is 2.59. The number of alkyl carbamates (subject to hydrolysis) is 1. The van der Waals surface area contributed by atoms with Crippen LogP contribution >= 0.6 is 0 Å². The highest BCUT2D eigenvalue weighted by molar-refractivity contribution is 5.92. The summed E-state index contributed by atoms with van der Waals surface area (Å²) in [6.45, 7) is 2.69. The number of nitrogens with zero attached hydrogens (tertiary/aromatic N) is 1. The van der Waals surface area contributed by atoms with Gasteiger partial charge in [0.2, 0.25) is 5.91 Å². The van der Waals surface area contributed by atoms with Gasteiger partial charge in [-0.15, -0.1) is 0 Å². The third-order valence-corrected chi connectivity index (χ3v) is 2.80. The van der Waals surface area contributed by atoms with Crippen LogP contribution in [0.25, 0.3) is 0 Å². The monoisotopic (exact) mass is 244 g/mol. The maximum absolute atomic E-state index is 11.4. The highest BCUT2D eigenvalue weighted by Crippen LogP contribution is 2.22. The topological polar surface area (TPSA) is 95.9 Å². The number of hydrogen-bond acceptors (Lipinski definition) is 5. The third kappa shape index (κ3) is 3.70. The number of nitrogens with one attached hydrogen (secondary N) is 1. The van der Waals surface area contributed by atoms with Crippen LogP contribution in [0.4, 0.5) is 4.79 Å². The van der Waals surface area contributed by atoms with Crippen LogP contribution in [-0.2, 0) is 14.3 Å². The number of rotatable bonds is 3. The van der Waals surface area contributed by atoms with E-state index in [9.17, 15) is 14.4 Å². The molecule has 1 aliphatic heterocycles. The van der Waals surface area contributed by atoms with Crippen LogP contribution in [0.5, 0.6) is 0 Å². The fourth-order valence-corrected chi connectivity index (χ4v) is 1.93. The van der Waals surface area contributed by atoms with E-state index in [1.54, 1.807) is 4.90 Å². The van der Waals surface area contributed by atoms with Crippen LogP contribution in [0.15, 0.2) is 0 Å². The second-order valence-corrected chi connectivity index (χ2v) is 4.16. The molecule has 0 saturated carbocycles. The van der Waals surface area contributed by atoms with Gasteiger partial charge in [0.1, 0.15) is 0 Å². The summed E-state index contributed by atoms with van der Waals surface area (Å²) >= 11 is 0. The van der Waals surface area contributed by atoms with Crippen molar-refractivity contribution in [3.63, 3.8) is 0 Å². The molecular formula is C10H16N2O5. The van der Waals surface area contributed by atoms with Gasteiger partial charge in [0.25, 0.3) is 0 Å². The first-order valence-electron chi connectivity index (χ1n) is 5.27. The number of aliphatic carboxylic acids is 1. The zero-order valence-electron chi connectivity index (χ0n) is 9.80. The highest BCUT2D eigenvalue weighted by atomic mass is 16.5. The molecule has 7 heteroatoms. The van der Waals surface area contributed by atoms with E-state index < -0.39 is 23.9 Å². The average molecular weight is 244 g/mol. The zero-order valence-corrected chi connectivity index (χ0v) is 9.80. The molecule has 17 heavy (non-hydrogen) atoms. The van der Waals surface area contributed by atoms with E-state index in [1.807, 2.05) is 12.2 Å². The first-order chi connectivity index (χ1) is 7.93. The SMILES string of the molecule is COC(=O)NC(=O)CN1C[C@@H](C)[C@H](C(=O)O)C1. The molecule has 1 heterocycles. The highest BCUT2D eigenvalue weighted by Gasteiger charge is 2.35. The summed E-state index contributed by atoms with van der Waals surface area (Å²) in [5.41, 5.74) is 0. The Balaban J connectivity index is 2.42. The minimum atomic E-state index is -0.853. The molecule has 96 valence electrons. The largest absolute Gasteiger partial charge is 0.481 e. The first kappa shape index (κ1) is 13.4. The molecule has 0 bridgehead atoms. The van der Waals surface area contributed by atoms with E-state index in [2.05, 4.69) is 4.74 Å². The summed E-state index contributed by atoms with van der Waals surface area (Å²) in [6.07, 6.45) is -0.808. The van der Waals surface area contributed by atoms with E-state index in [4.69, 9.17) is 5.11 Å². The van der Waals surface area contributed by atoms with Gasteiger partial charge in [-0.2, -0.15) is 0 Å². The molecule has 1 aliphatic rings. The Bertz CT molecular complexity index is 331. The number of amides is 2. The van der Waals surface area contributed by atoms with Gasteiger partial charge in [-0.25, -0.2) is 4.79 Å². The van der Waals surface area contributed by atoms with E-state index in [0.717, 1.165) is 0 Å². The molecule has 0 radical (unpaired) electrons. The van der Waals surface area contributed by atoms with Gasteiger partial charge in [-0.05, 0) is 5.92 Å². The molecular weight excluding hydrogens is 228 g/mol. The second kappa shape index (κ2) is 5.62. The van der Waals surface area contributed by atoms with E-state index in [0.29, 0.717) is 13.1 Å². The Morgan fingerprint density at radius 3 is 2.53 bits per heavy atom. The van der Waals surface area contributed by atoms with Crippen LogP contribution in [0.1, 0.15) is 6.92 Å². The van der Waals surface area contributed by atoms with Crippen molar-refractivity contribution in [1.82, 2.24) is 10.2 Å². The number of carbonyl (C=O) groups is 3. The van der Waals surface area contributed by atoms with Crippen molar-refractivity contribution in [2.75, 3.05) is 26.7 Å². The lowest BCUT2D eigenvalue weighted by Crippen LogP contribution is -2.39. The Hall–Kier alpha value is -1.63. The molecule has 0 aromatic rings. The number of hydrogen-bond donors (Lipinski definition) is 2. The van der Waals surface area contributed by atoms with E-state index in [1.165, 1.54) is 7.11 Å². The number of carboxylic acids is 1. The number of ether oxygens (including phenoxy) is 1. The van der Waals surface area contributed by atoms with Crippen molar-refractivity contribution >= 4 is 18.0 Å². The Morgan fingerprint density at radius 2 is 2.06 bits per heavy atom. The fraction of sp³-hybridized carbons (Fsp3) is 0.700. The number of likely N-dealkylation sites (tertiary alicyclic amines) is 1. The number of carbonyl (C=O) groups excluding carboxylic acids is 2. The lowest BCUT2D eigenvalue weighted by atomic mass is 9.99. The lowest BCUT2D eigenvalue weighted by Gasteiger charge is -2.13. The molecule has 0 spiro atoms. The number of methoxy groups -OCH3 is 1. The summed E-state index contributed by atoms with van der Waals surface area (Å²) in [4.78, 5) is 34.7. The van der Waals surface area contributed by atoms with Crippen molar-refractivity contribution in [3.05, 3.63) is 0 Å². The van der Waals surface area contributed by atoms with Gasteiger partial charge in [0, 0.05) is 13.1 Å². The molecule has 7 nitrogen and oxygen atoms in total. The van der Waals surface area contributed by atoms with Gasteiger partial charge < -0.3 is 9.84 Å². The van der Waals surface area contributed by atoms with Gasteiger partial charge in [-0.1, -0.05) is 6.92 Å². The quantitative estimate of drug-likeness (QED) is 0.696. The van der Waals surface area contributed by atoms with Crippen LogP contribution in [0.2, 0.25) is 0 Å². The fourth-order valence-electron chi connectivity index (χ4n) is 1.93. The summed E-state index contributed by atoms with van der Waals surface area (Å²) in [7, 11) is 1.17. The molecule has 1 saturated heterocycles.